The summed E-state index contributed by atoms with van der Waals surface area (Å²) in [5.41, 5.74) is 0.685. The summed E-state index contributed by atoms with van der Waals surface area (Å²) < 4.78 is 26.5. The molecule has 0 unspecified atom stereocenters. The number of rotatable bonds is 4. The molecule has 0 radical (unpaired) electrons. The lowest BCUT2D eigenvalue weighted by Crippen LogP contribution is -2.02. The molecule has 0 bridgehead atoms. The van der Waals surface area contributed by atoms with E-state index >= 15 is 0 Å². The van der Waals surface area contributed by atoms with Crippen molar-refractivity contribution in [2.45, 2.75) is 6.54 Å². The highest BCUT2D eigenvalue weighted by molar-refractivity contribution is 9.10. The second-order valence-electron chi connectivity index (χ2n) is 4.02. The predicted molar refractivity (Wildman–Crippen MR) is 74.5 cm³/mol. The first-order chi connectivity index (χ1) is 9.47. The van der Waals surface area contributed by atoms with Crippen LogP contribution in [0.15, 0.2) is 40.9 Å². The minimum absolute atomic E-state index is 0.0659. The van der Waals surface area contributed by atoms with Crippen LogP contribution >= 0.6 is 15.9 Å². The molecule has 0 saturated heterocycles. The Bertz CT molecular complexity index is 665. The topological polar surface area (TPSA) is 55.2 Å². The Kier molecular flexibility index (Phi) is 4.29. The van der Waals surface area contributed by atoms with Crippen LogP contribution in [0, 0.1) is 21.7 Å². The van der Waals surface area contributed by atoms with E-state index in [9.17, 15) is 18.9 Å². The summed E-state index contributed by atoms with van der Waals surface area (Å²) in [5, 5.41) is 13.6. The molecule has 0 saturated carbocycles. The summed E-state index contributed by atoms with van der Waals surface area (Å²) in [4.78, 5) is 10.3. The van der Waals surface area contributed by atoms with Crippen molar-refractivity contribution in [3.63, 3.8) is 0 Å². The molecule has 0 aliphatic carbocycles. The van der Waals surface area contributed by atoms with Gasteiger partial charge < -0.3 is 5.32 Å². The van der Waals surface area contributed by atoms with Crippen LogP contribution in [0.4, 0.5) is 20.2 Å². The molecule has 0 aliphatic heterocycles. The zero-order valence-corrected chi connectivity index (χ0v) is 11.7. The fraction of sp³-hybridized carbons (Fsp3) is 0.0769. The first-order valence-electron chi connectivity index (χ1n) is 5.59. The lowest BCUT2D eigenvalue weighted by molar-refractivity contribution is -0.385. The summed E-state index contributed by atoms with van der Waals surface area (Å²) in [7, 11) is 0. The van der Waals surface area contributed by atoms with E-state index in [0.717, 1.165) is 12.1 Å². The van der Waals surface area contributed by atoms with E-state index in [1.54, 1.807) is 12.1 Å². The van der Waals surface area contributed by atoms with Crippen LogP contribution in [0.3, 0.4) is 0 Å². The van der Waals surface area contributed by atoms with Gasteiger partial charge in [0.1, 0.15) is 11.6 Å². The second kappa shape index (κ2) is 5.96. The Hall–Kier alpha value is -2.02. The highest BCUT2D eigenvalue weighted by Gasteiger charge is 2.12. The number of nitro groups is 1. The average Bonchev–Trinajstić information content (AvgIpc) is 2.39. The largest absolute Gasteiger partial charge is 0.379 e. The van der Waals surface area contributed by atoms with E-state index in [-0.39, 0.29) is 17.9 Å². The van der Waals surface area contributed by atoms with Crippen LogP contribution < -0.4 is 5.32 Å². The molecule has 2 aromatic rings. The molecule has 0 atom stereocenters. The van der Waals surface area contributed by atoms with Gasteiger partial charge in [-0.15, -0.1) is 0 Å². The summed E-state index contributed by atoms with van der Waals surface area (Å²) in [6.07, 6.45) is 0. The summed E-state index contributed by atoms with van der Waals surface area (Å²) in [6, 6.07) is 7.79. The van der Waals surface area contributed by atoms with Gasteiger partial charge in [-0.2, -0.15) is 0 Å². The molecule has 0 amide bonds. The smallest absolute Gasteiger partial charge is 0.283 e. The predicted octanol–water partition coefficient (Wildman–Crippen LogP) is 4.25. The van der Waals surface area contributed by atoms with Crippen molar-refractivity contribution >= 4 is 27.3 Å². The van der Waals surface area contributed by atoms with Gasteiger partial charge in [-0.3, -0.25) is 10.1 Å². The molecule has 4 nitrogen and oxygen atoms in total. The fourth-order valence-corrected chi connectivity index (χ4v) is 2.03. The van der Waals surface area contributed by atoms with Gasteiger partial charge in [-0.05, 0) is 39.7 Å². The Morgan fingerprint density at radius 2 is 1.95 bits per heavy atom. The van der Waals surface area contributed by atoms with Crippen LogP contribution in [0.25, 0.3) is 0 Å². The maximum absolute atomic E-state index is 13.4. The van der Waals surface area contributed by atoms with E-state index < -0.39 is 16.6 Å². The van der Waals surface area contributed by atoms with Gasteiger partial charge in [0, 0.05) is 18.7 Å². The Balaban J connectivity index is 2.15. The SMILES string of the molecule is O=[N+]([O-])c1cc(CNc2ccc(F)cc2F)ccc1Br. The Morgan fingerprint density at radius 1 is 1.20 bits per heavy atom. The Morgan fingerprint density at radius 3 is 2.60 bits per heavy atom. The van der Waals surface area contributed by atoms with Gasteiger partial charge in [0.15, 0.2) is 0 Å². The zero-order chi connectivity index (χ0) is 14.7. The van der Waals surface area contributed by atoms with Crippen LogP contribution in [0.5, 0.6) is 0 Å². The third-order valence-electron chi connectivity index (χ3n) is 2.62. The maximum atomic E-state index is 13.4. The number of halogens is 3. The van der Waals surface area contributed by atoms with Crippen molar-refractivity contribution in [1.82, 2.24) is 0 Å². The second-order valence-corrected chi connectivity index (χ2v) is 4.87. The van der Waals surface area contributed by atoms with Crippen molar-refractivity contribution < 1.29 is 13.7 Å². The molecule has 0 fully saturated rings. The summed E-state index contributed by atoms with van der Waals surface area (Å²) in [5.74, 6) is -1.37. The number of anilines is 1. The van der Waals surface area contributed by atoms with Gasteiger partial charge in [0.05, 0.1) is 15.1 Å². The molecule has 2 aromatic carbocycles. The maximum Gasteiger partial charge on any atom is 0.283 e. The molecule has 0 heterocycles. The number of nitro benzene ring substituents is 1. The highest BCUT2D eigenvalue weighted by atomic mass is 79.9. The number of nitrogens with one attached hydrogen (secondary N) is 1. The zero-order valence-electron chi connectivity index (χ0n) is 10.1. The van der Waals surface area contributed by atoms with E-state index in [1.807, 2.05) is 0 Å². The normalized spacial score (nSPS) is 10.3. The van der Waals surface area contributed by atoms with E-state index in [4.69, 9.17) is 0 Å². The molecule has 0 spiro atoms. The van der Waals surface area contributed by atoms with Crippen molar-refractivity contribution in [3.05, 3.63) is 68.2 Å². The van der Waals surface area contributed by atoms with E-state index in [2.05, 4.69) is 21.2 Å². The molecule has 104 valence electrons. The van der Waals surface area contributed by atoms with E-state index in [0.29, 0.717) is 10.0 Å². The third-order valence-corrected chi connectivity index (χ3v) is 3.29. The monoisotopic (exact) mass is 342 g/mol. The molecule has 7 heteroatoms. The minimum atomic E-state index is -0.711. The standard InChI is InChI=1S/C13H9BrF2N2O2/c14-10-3-1-8(5-13(10)18(19)20)7-17-12-4-2-9(15)6-11(12)16/h1-6,17H,7H2. The summed E-state index contributed by atoms with van der Waals surface area (Å²) >= 11 is 3.08. The number of benzene rings is 2. The van der Waals surface area contributed by atoms with Gasteiger partial charge in [-0.1, -0.05) is 6.07 Å². The Labute approximate surface area is 121 Å². The molecule has 2 rings (SSSR count). The number of nitrogens with zero attached hydrogens (tertiary/aromatic N) is 1. The van der Waals surface area contributed by atoms with Crippen LogP contribution in [0.1, 0.15) is 5.56 Å². The van der Waals surface area contributed by atoms with Crippen molar-refractivity contribution in [1.29, 1.82) is 0 Å². The van der Waals surface area contributed by atoms with Gasteiger partial charge in [0.25, 0.3) is 5.69 Å². The quantitative estimate of drug-likeness (QED) is 0.667. The minimum Gasteiger partial charge on any atom is -0.379 e. The molecule has 20 heavy (non-hydrogen) atoms. The first kappa shape index (κ1) is 14.4. The van der Waals surface area contributed by atoms with Crippen molar-refractivity contribution in [2.75, 3.05) is 5.32 Å². The molecule has 0 aliphatic rings. The van der Waals surface area contributed by atoms with Crippen molar-refractivity contribution in [2.24, 2.45) is 0 Å². The highest BCUT2D eigenvalue weighted by Crippen LogP contribution is 2.26. The molecule has 0 aromatic heterocycles. The molecule has 1 N–H and O–H groups in total. The number of hydrogen-bond acceptors (Lipinski definition) is 3. The first-order valence-corrected chi connectivity index (χ1v) is 6.38. The fourth-order valence-electron chi connectivity index (χ4n) is 1.64. The van der Waals surface area contributed by atoms with Crippen LogP contribution in [-0.2, 0) is 6.54 Å². The average molecular weight is 343 g/mol. The third kappa shape index (κ3) is 3.30. The molecular weight excluding hydrogens is 334 g/mol. The van der Waals surface area contributed by atoms with Gasteiger partial charge in [-0.25, -0.2) is 8.78 Å². The van der Waals surface area contributed by atoms with Crippen LogP contribution in [0.2, 0.25) is 0 Å². The van der Waals surface area contributed by atoms with E-state index in [1.165, 1.54) is 12.1 Å². The summed E-state index contributed by atoms with van der Waals surface area (Å²) in [6.45, 7) is 0.191. The lowest BCUT2D eigenvalue weighted by atomic mass is 10.2. The lowest BCUT2D eigenvalue weighted by Gasteiger charge is -2.08. The molecular formula is C13H9BrF2N2O2. The van der Waals surface area contributed by atoms with Crippen molar-refractivity contribution in [3.8, 4) is 0 Å². The van der Waals surface area contributed by atoms with Gasteiger partial charge >= 0.3 is 0 Å². The number of hydrogen-bond donors (Lipinski definition) is 1. The van der Waals surface area contributed by atoms with Crippen LogP contribution in [-0.4, -0.2) is 4.92 Å². The van der Waals surface area contributed by atoms with Gasteiger partial charge in [0.2, 0.25) is 0 Å².